The first kappa shape index (κ1) is 31.4. The van der Waals surface area contributed by atoms with Crippen LogP contribution in [0.2, 0.25) is 0 Å². The van der Waals surface area contributed by atoms with Crippen LogP contribution in [0.25, 0.3) is 0 Å². The van der Waals surface area contributed by atoms with Gasteiger partial charge >= 0.3 is 113 Å². The first-order chi connectivity index (χ1) is 16.8. The third kappa shape index (κ3) is 10.5. The maximum absolute atomic E-state index is 6.35. The van der Waals surface area contributed by atoms with Crippen molar-refractivity contribution in [2.75, 3.05) is 0 Å². The van der Waals surface area contributed by atoms with Gasteiger partial charge in [-0.15, -0.1) is 0 Å². The molecule has 0 aromatic heterocycles. The maximum atomic E-state index is 6.35. The van der Waals surface area contributed by atoms with Crippen LogP contribution in [0.5, 0.6) is 0 Å². The van der Waals surface area contributed by atoms with Crippen LogP contribution in [0, 0.1) is 13.8 Å². The van der Waals surface area contributed by atoms with Crippen molar-refractivity contribution in [2.24, 2.45) is 0 Å². The molecule has 4 aromatic carbocycles. The number of benzene rings is 2. The summed E-state index contributed by atoms with van der Waals surface area (Å²) in [5, 5.41) is 0. The number of hydrogen-bond acceptors (Lipinski definition) is 0. The number of hydrogen-bond donors (Lipinski definition) is 0. The van der Waals surface area contributed by atoms with Gasteiger partial charge in [0, 0.05) is 0 Å². The van der Waals surface area contributed by atoms with E-state index in [-0.39, 0.29) is 0 Å². The Balaban J connectivity index is 0.000000200. The van der Waals surface area contributed by atoms with E-state index in [2.05, 4.69) is 140 Å². The second-order valence-electron chi connectivity index (χ2n) is 11.2. The Hall–Kier alpha value is -0.854. The number of halogens is 2. The van der Waals surface area contributed by atoms with Crippen molar-refractivity contribution in [2.45, 2.75) is 66.2 Å². The molecule has 0 aliphatic rings. The molecule has 4 aromatic rings. The molecule has 192 valence electrons. The summed E-state index contributed by atoms with van der Waals surface area (Å²) < 4.78 is 2.79. The van der Waals surface area contributed by atoms with Crippen LogP contribution in [0.15, 0.2) is 97.1 Å². The molecule has 0 heterocycles. The second kappa shape index (κ2) is 14.3. The van der Waals surface area contributed by atoms with Gasteiger partial charge in [-0.25, -0.2) is 12.1 Å². The molecule has 0 radical (unpaired) electrons. The Morgan fingerprint density at radius 2 is 0.944 bits per heavy atom. The molecule has 4 heteroatoms. The van der Waals surface area contributed by atoms with E-state index in [1.54, 1.807) is 0 Å². The molecule has 0 aliphatic heterocycles. The van der Waals surface area contributed by atoms with Gasteiger partial charge in [0.05, 0.1) is 0 Å². The fourth-order valence-electron chi connectivity index (χ4n) is 3.65. The van der Waals surface area contributed by atoms with E-state index in [0.29, 0.717) is 10.8 Å². The zero-order chi connectivity index (χ0) is 26.9. The molecule has 0 spiro atoms. The summed E-state index contributed by atoms with van der Waals surface area (Å²) in [5.74, 6) is 0. The molecule has 0 amide bonds. The van der Waals surface area contributed by atoms with Crippen molar-refractivity contribution in [3.05, 3.63) is 119 Å². The fraction of sp³-hybridized carbons (Fsp3) is 0.312. The van der Waals surface area contributed by atoms with Crippen LogP contribution >= 0.6 is 17.0 Å². The molecule has 0 fully saturated rings. The topological polar surface area (TPSA) is 0 Å². The summed E-state index contributed by atoms with van der Waals surface area (Å²) >= 11 is -2.19. The first-order valence-electron chi connectivity index (χ1n) is 12.4. The fourth-order valence-corrected chi connectivity index (χ4v) is 30.7. The van der Waals surface area contributed by atoms with Crippen LogP contribution in [0.1, 0.15) is 63.8 Å². The molecular weight excluding hydrogens is 619 g/mol. The monoisotopic (exact) mass is 658 g/mol. The molecule has 0 bridgehead atoms. The quantitative estimate of drug-likeness (QED) is 0.149. The van der Waals surface area contributed by atoms with E-state index in [9.17, 15) is 0 Å². The minimum absolute atomic E-state index is 0.314. The van der Waals surface area contributed by atoms with Gasteiger partial charge in [-0.2, -0.15) is 46.5 Å². The second-order valence-corrected chi connectivity index (χ2v) is 42.6. The van der Waals surface area contributed by atoms with Gasteiger partial charge in [0.15, 0.2) is 0 Å². The number of aryl methyl sites for hydroxylation is 2. The Morgan fingerprint density at radius 1 is 0.611 bits per heavy atom. The van der Waals surface area contributed by atoms with Crippen molar-refractivity contribution in [1.29, 1.82) is 0 Å². The van der Waals surface area contributed by atoms with Crippen LogP contribution in [0.4, 0.5) is 0 Å². The SMILES string of the molecule is Cc1cc(C(C)(C)C)c[cH-]1.Cc1cc(C(C)(C)C)c[cH-]1.[Cl][Zr]([Cl])=[Ge]([c]1ccccc1)[c]1ccccc1. The summed E-state index contributed by atoms with van der Waals surface area (Å²) in [6, 6.07) is 34.3. The van der Waals surface area contributed by atoms with Gasteiger partial charge in [-0.05, 0) is 0 Å². The Labute approximate surface area is 235 Å². The van der Waals surface area contributed by atoms with Gasteiger partial charge in [-0.3, -0.25) is 0 Å². The van der Waals surface area contributed by atoms with Crippen LogP contribution in [-0.4, -0.2) is 9.98 Å². The summed E-state index contributed by atoms with van der Waals surface area (Å²) in [6.07, 6.45) is 0. The minimum atomic E-state index is -2.19. The predicted octanol–water partition coefficient (Wildman–Crippen LogP) is 8.74. The van der Waals surface area contributed by atoms with E-state index in [4.69, 9.17) is 17.0 Å². The zero-order valence-corrected chi connectivity index (χ0v) is 29.1. The third-order valence-corrected chi connectivity index (χ3v) is 34.3. The number of rotatable bonds is 2. The summed E-state index contributed by atoms with van der Waals surface area (Å²) in [7, 11) is 11.1. The Morgan fingerprint density at radius 3 is 1.14 bits per heavy atom. The molecule has 0 saturated carbocycles. The Kier molecular flexibility index (Phi) is 12.5. The zero-order valence-electron chi connectivity index (χ0n) is 23.0. The molecule has 4 rings (SSSR count). The van der Waals surface area contributed by atoms with Crippen LogP contribution < -0.4 is 8.79 Å². The standard InChI is InChI=1S/C12H10Ge.2C10H15.2ClH.Zr/c1-3-7-11(8-4-1)13-12-9-5-2-6-10-12;2*1-8-5-6-9(7-8)10(2,3)4;;;/h1-10H;2*5-7H,1-4H3;2*1H;/q;2*-1;;;+2/p-2. The van der Waals surface area contributed by atoms with E-state index in [1.807, 2.05) is 12.1 Å². The average Bonchev–Trinajstić information content (AvgIpc) is 3.44. The van der Waals surface area contributed by atoms with Crippen LogP contribution in [-0.2, 0) is 27.1 Å². The van der Waals surface area contributed by atoms with Gasteiger partial charge in [-0.1, -0.05) is 66.2 Å². The van der Waals surface area contributed by atoms with Crippen molar-refractivity contribution < 1.29 is 16.2 Å². The average molecular weight is 659 g/mol. The molecule has 0 unspecified atom stereocenters. The van der Waals surface area contributed by atoms with E-state index in [1.165, 1.54) is 31.0 Å². The molecule has 0 aliphatic carbocycles. The molecular formula is C32H40Cl2GeZr-2. The van der Waals surface area contributed by atoms with Gasteiger partial charge in [0.2, 0.25) is 0 Å². The van der Waals surface area contributed by atoms with Crippen LogP contribution in [0.3, 0.4) is 0 Å². The molecule has 0 nitrogen and oxygen atoms in total. The first-order valence-corrected chi connectivity index (χ1v) is 28.3. The Bertz CT molecular complexity index is 1120. The van der Waals surface area contributed by atoms with Crippen molar-refractivity contribution in [3.8, 4) is 0 Å². The van der Waals surface area contributed by atoms with Crippen molar-refractivity contribution in [1.82, 2.24) is 0 Å². The summed E-state index contributed by atoms with van der Waals surface area (Å²) in [5.41, 5.74) is 6.23. The summed E-state index contributed by atoms with van der Waals surface area (Å²) in [4.78, 5) is 0. The van der Waals surface area contributed by atoms with Gasteiger partial charge < -0.3 is 0 Å². The van der Waals surface area contributed by atoms with E-state index in [0.717, 1.165) is 0 Å². The molecule has 36 heavy (non-hydrogen) atoms. The van der Waals surface area contributed by atoms with Gasteiger partial charge in [0.1, 0.15) is 0 Å². The third-order valence-electron chi connectivity index (χ3n) is 5.86. The molecule has 0 saturated heterocycles. The van der Waals surface area contributed by atoms with E-state index >= 15 is 0 Å². The summed E-state index contributed by atoms with van der Waals surface area (Å²) in [6.45, 7) is 17.7. The molecule has 0 N–H and O–H groups in total. The van der Waals surface area contributed by atoms with Crippen molar-refractivity contribution >= 4 is 35.8 Å². The van der Waals surface area contributed by atoms with Gasteiger partial charge in [0.25, 0.3) is 0 Å². The predicted molar refractivity (Wildman–Crippen MR) is 161 cm³/mol. The van der Waals surface area contributed by atoms with Crippen molar-refractivity contribution in [3.63, 3.8) is 0 Å². The normalized spacial score (nSPS) is 11.1. The molecule has 0 atom stereocenters. The van der Waals surface area contributed by atoms with E-state index < -0.39 is 26.2 Å².